The van der Waals surface area contributed by atoms with Gasteiger partial charge in [0.1, 0.15) is 18.8 Å². The molecule has 158 valence electrons. The van der Waals surface area contributed by atoms with Crippen LogP contribution >= 0.6 is 0 Å². The third kappa shape index (κ3) is 6.24. The summed E-state index contributed by atoms with van der Waals surface area (Å²) in [6, 6.07) is 23.9. The second kappa shape index (κ2) is 11.1. The van der Waals surface area contributed by atoms with Gasteiger partial charge in [0.25, 0.3) is 0 Å². The average molecular weight is 414 g/mol. The highest BCUT2D eigenvalue weighted by atomic mass is 16.5. The lowest BCUT2D eigenvalue weighted by atomic mass is 9.97. The predicted molar refractivity (Wildman–Crippen MR) is 121 cm³/mol. The van der Waals surface area contributed by atoms with Gasteiger partial charge in [0.2, 0.25) is 5.91 Å². The summed E-state index contributed by atoms with van der Waals surface area (Å²) in [6.45, 7) is 4.06. The maximum atomic E-state index is 12.7. The van der Waals surface area contributed by atoms with Crippen molar-refractivity contribution in [2.24, 2.45) is 5.92 Å². The first-order valence-corrected chi connectivity index (χ1v) is 10.4. The van der Waals surface area contributed by atoms with Crippen LogP contribution in [0.4, 0.5) is 0 Å². The molecule has 0 saturated heterocycles. The van der Waals surface area contributed by atoms with Crippen molar-refractivity contribution in [3.8, 4) is 17.2 Å². The average Bonchev–Trinajstić information content (AvgIpc) is 2.81. The van der Waals surface area contributed by atoms with E-state index in [0.717, 1.165) is 22.3 Å². The zero-order valence-corrected chi connectivity index (χ0v) is 17.9. The van der Waals surface area contributed by atoms with E-state index < -0.39 is 12.2 Å². The summed E-state index contributed by atoms with van der Waals surface area (Å²) in [5, 5.41) is 11.5. The van der Waals surface area contributed by atoms with E-state index in [4.69, 9.17) is 10.00 Å². The van der Waals surface area contributed by atoms with Crippen LogP contribution in [0.2, 0.25) is 0 Å². The number of nitrogens with zero attached hydrogens (tertiary/aromatic N) is 2. The molecule has 0 aliphatic carbocycles. The SMILES string of the molecule is CC(C)C[C@H](O[C@H](c1ccccc1)c1ccc(-c2cccnc2)cc1)C(=O)NCC#N. The van der Waals surface area contributed by atoms with Gasteiger partial charge in [-0.25, -0.2) is 0 Å². The Morgan fingerprint density at radius 1 is 1.00 bits per heavy atom. The molecule has 0 radical (unpaired) electrons. The van der Waals surface area contributed by atoms with Crippen molar-refractivity contribution >= 4 is 5.91 Å². The number of amides is 1. The summed E-state index contributed by atoms with van der Waals surface area (Å²) in [5.74, 6) is 0.00498. The molecule has 1 amide bonds. The highest BCUT2D eigenvalue weighted by molar-refractivity contribution is 5.81. The van der Waals surface area contributed by atoms with E-state index in [1.54, 1.807) is 6.20 Å². The minimum Gasteiger partial charge on any atom is -0.356 e. The summed E-state index contributed by atoms with van der Waals surface area (Å²) in [7, 11) is 0. The van der Waals surface area contributed by atoms with Gasteiger partial charge < -0.3 is 10.1 Å². The van der Waals surface area contributed by atoms with Crippen molar-refractivity contribution in [1.82, 2.24) is 10.3 Å². The Kier molecular flexibility index (Phi) is 7.91. The molecule has 0 aliphatic rings. The second-order valence-electron chi connectivity index (χ2n) is 7.78. The molecule has 0 unspecified atom stereocenters. The number of aromatic nitrogens is 1. The van der Waals surface area contributed by atoms with Crippen LogP contribution in [0.15, 0.2) is 79.1 Å². The van der Waals surface area contributed by atoms with Crippen LogP contribution in [0.1, 0.15) is 37.5 Å². The Bertz CT molecular complexity index is 996. The van der Waals surface area contributed by atoms with Gasteiger partial charge in [-0.15, -0.1) is 0 Å². The van der Waals surface area contributed by atoms with Crippen molar-refractivity contribution in [2.45, 2.75) is 32.5 Å². The fraction of sp³-hybridized carbons (Fsp3) is 0.269. The number of hydrogen-bond donors (Lipinski definition) is 1. The van der Waals surface area contributed by atoms with E-state index in [-0.39, 0.29) is 18.4 Å². The van der Waals surface area contributed by atoms with Crippen LogP contribution in [-0.2, 0) is 9.53 Å². The van der Waals surface area contributed by atoms with Gasteiger partial charge in [-0.3, -0.25) is 9.78 Å². The quantitative estimate of drug-likeness (QED) is 0.506. The maximum absolute atomic E-state index is 12.7. The Morgan fingerprint density at radius 3 is 2.32 bits per heavy atom. The number of ether oxygens (including phenoxy) is 1. The van der Waals surface area contributed by atoms with Gasteiger partial charge in [0.15, 0.2) is 0 Å². The third-order valence-corrected chi connectivity index (χ3v) is 4.93. The van der Waals surface area contributed by atoms with E-state index in [2.05, 4.69) is 10.3 Å². The number of carbonyl (C=O) groups is 1. The lowest BCUT2D eigenvalue weighted by Gasteiger charge is -2.26. The van der Waals surface area contributed by atoms with Gasteiger partial charge in [-0.05, 0) is 40.7 Å². The fourth-order valence-electron chi connectivity index (χ4n) is 3.42. The Balaban J connectivity index is 1.91. The molecule has 5 nitrogen and oxygen atoms in total. The molecule has 0 saturated carbocycles. The van der Waals surface area contributed by atoms with Gasteiger partial charge in [0, 0.05) is 12.4 Å². The van der Waals surface area contributed by atoms with Crippen LogP contribution in [0.3, 0.4) is 0 Å². The normalized spacial score (nSPS) is 12.7. The molecule has 31 heavy (non-hydrogen) atoms. The van der Waals surface area contributed by atoms with Crippen LogP contribution in [0.25, 0.3) is 11.1 Å². The Labute approximate surface area is 183 Å². The molecule has 1 aromatic heterocycles. The molecular formula is C26H27N3O2. The molecule has 0 fully saturated rings. The summed E-state index contributed by atoms with van der Waals surface area (Å²) in [6.07, 6.45) is 3.09. The van der Waals surface area contributed by atoms with E-state index in [1.807, 2.05) is 92.8 Å². The van der Waals surface area contributed by atoms with Crippen molar-refractivity contribution in [3.05, 3.63) is 90.3 Å². The third-order valence-electron chi connectivity index (χ3n) is 4.93. The number of nitriles is 1. The predicted octanol–water partition coefficient (Wildman–Crippen LogP) is 4.91. The van der Waals surface area contributed by atoms with E-state index in [0.29, 0.717) is 6.42 Å². The topological polar surface area (TPSA) is 75.0 Å². The number of pyridine rings is 1. The minimum atomic E-state index is -0.656. The molecule has 2 atom stereocenters. The highest BCUT2D eigenvalue weighted by Crippen LogP contribution is 2.30. The molecule has 0 spiro atoms. The van der Waals surface area contributed by atoms with Crippen molar-refractivity contribution in [2.75, 3.05) is 6.54 Å². The summed E-state index contributed by atoms with van der Waals surface area (Å²) in [5.41, 5.74) is 4.04. The largest absolute Gasteiger partial charge is 0.356 e. The zero-order chi connectivity index (χ0) is 22.1. The number of nitrogens with one attached hydrogen (secondary N) is 1. The molecule has 3 aromatic rings. The zero-order valence-electron chi connectivity index (χ0n) is 17.9. The molecule has 0 bridgehead atoms. The molecule has 1 heterocycles. The van der Waals surface area contributed by atoms with Crippen molar-refractivity contribution in [3.63, 3.8) is 0 Å². The summed E-state index contributed by atoms with van der Waals surface area (Å²) < 4.78 is 6.40. The highest BCUT2D eigenvalue weighted by Gasteiger charge is 2.26. The van der Waals surface area contributed by atoms with Crippen LogP contribution in [-0.4, -0.2) is 23.5 Å². The Hall–Kier alpha value is -3.49. The number of rotatable bonds is 9. The van der Waals surface area contributed by atoms with Gasteiger partial charge >= 0.3 is 0 Å². The lowest BCUT2D eigenvalue weighted by molar-refractivity contribution is -0.136. The summed E-state index contributed by atoms with van der Waals surface area (Å²) >= 11 is 0. The van der Waals surface area contributed by atoms with E-state index in [1.165, 1.54) is 0 Å². The first-order chi connectivity index (χ1) is 15.1. The number of benzene rings is 2. The van der Waals surface area contributed by atoms with Gasteiger partial charge in [-0.2, -0.15) is 5.26 Å². The monoisotopic (exact) mass is 413 g/mol. The molecule has 1 N–H and O–H groups in total. The van der Waals surface area contributed by atoms with Crippen LogP contribution in [0, 0.1) is 17.2 Å². The molecule has 5 heteroatoms. The first kappa shape index (κ1) is 22.2. The maximum Gasteiger partial charge on any atom is 0.250 e. The lowest BCUT2D eigenvalue weighted by Crippen LogP contribution is -2.38. The van der Waals surface area contributed by atoms with Crippen LogP contribution in [0.5, 0.6) is 0 Å². The van der Waals surface area contributed by atoms with Crippen LogP contribution < -0.4 is 5.32 Å². The molecule has 0 aliphatic heterocycles. The standard InChI is InChI=1S/C26H27N3O2/c1-19(2)17-24(26(30)29-16-14-27)31-25(21-7-4-3-5-8-21)22-12-10-20(11-13-22)23-9-6-15-28-18-23/h3-13,15,18-19,24-25H,16-17H2,1-2H3,(H,29,30)/t24-,25+/m0/s1. The smallest absolute Gasteiger partial charge is 0.250 e. The van der Waals surface area contributed by atoms with E-state index in [9.17, 15) is 4.79 Å². The Morgan fingerprint density at radius 2 is 1.71 bits per heavy atom. The molecule has 2 aromatic carbocycles. The van der Waals surface area contributed by atoms with Crippen molar-refractivity contribution in [1.29, 1.82) is 5.26 Å². The minimum absolute atomic E-state index is 0.0351. The second-order valence-corrected chi connectivity index (χ2v) is 7.78. The first-order valence-electron chi connectivity index (χ1n) is 10.4. The molecular weight excluding hydrogens is 386 g/mol. The summed E-state index contributed by atoms with van der Waals surface area (Å²) in [4.78, 5) is 16.9. The number of carbonyl (C=O) groups excluding carboxylic acids is 1. The van der Waals surface area contributed by atoms with E-state index >= 15 is 0 Å². The van der Waals surface area contributed by atoms with Gasteiger partial charge in [0.05, 0.1) is 6.07 Å². The molecule has 3 rings (SSSR count). The van der Waals surface area contributed by atoms with Gasteiger partial charge in [-0.1, -0.05) is 74.5 Å². The van der Waals surface area contributed by atoms with Crippen molar-refractivity contribution < 1.29 is 9.53 Å². The fourth-order valence-corrected chi connectivity index (χ4v) is 3.42. The number of hydrogen-bond acceptors (Lipinski definition) is 4.